The number of anilines is 1. The molecule has 10 heteroatoms. The lowest BCUT2D eigenvalue weighted by Crippen LogP contribution is -2.38. The van der Waals surface area contributed by atoms with Crippen LogP contribution in [0.15, 0.2) is 66.4 Å². The summed E-state index contributed by atoms with van der Waals surface area (Å²) in [5.74, 6) is -0.733. The molecular weight excluding hydrogens is 703 g/mol. The fourth-order valence-corrected chi connectivity index (χ4v) is 5.88. The van der Waals surface area contributed by atoms with Gasteiger partial charge in [0.15, 0.2) is 0 Å². The lowest BCUT2D eigenvalue weighted by Gasteiger charge is -2.13. The fourth-order valence-electron chi connectivity index (χ4n) is 3.75. The van der Waals surface area contributed by atoms with Crippen LogP contribution in [0.5, 0.6) is 5.75 Å². The molecular formula is C27H22FI2N3O4. The first kappa shape index (κ1) is 27.0. The number of amides is 4. The molecule has 1 saturated heterocycles. The van der Waals surface area contributed by atoms with E-state index in [9.17, 15) is 18.8 Å². The van der Waals surface area contributed by atoms with Crippen LogP contribution in [0.1, 0.15) is 23.6 Å². The summed E-state index contributed by atoms with van der Waals surface area (Å²) in [5.41, 5.74) is 3.08. The minimum atomic E-state index is -0.658. The Bertz CT molecular complexity index is 1390. The molecule has 37 heavy (non-hydrogen) atoms. The minimum absolute atomic E-state index is 0.0757. The molecule has 4 rings (SSSR count). The second-order valence-electron chi connectivity index (χ2n) is 8.17. The molecule has 0 atom stereocenters. The van der Waals surface area contributed by atoms with Crippen molar-refractivity contribution in [2.75, 3.05) is 11.9 Å². The first-order valence-corrected chi connectivity index (χ1v) is 13.5. The summed E-state index contributed by atoms with van der Waals surface area (Å²) in [4.78, 5) is 38.8. The molecule has 0 aromatic heterocycles. The topological polar surface area (TPSA) is 87.7 Å². The van der Waals surface area contributed by atoms with Gasteiger partial charge in [-0.25, -0.2) is 14.1 Å². The second-order valence-corrected chi connectivity index (χ2v) is 10.5. The molecule has 4 amide bonds. The molecule has 1 aliphatic rings. The standard InChI is InChI=1S/C27H22FI2N3O4/c1-2-18-7-3-4-9-22(18)31-24(34)14-33-26(35)23(32-27(33)36)13-17-11-20(29)25(21(30)12-17)37-15-16-6-5-8-19(28)10-16/h3-13H,2,14-15H2,1H3,(H,31,34)(H,32,36)/b23-13+. The van der Waals surface area contributed by atoms with E-state index >= 15 is 0 Å². The SMILES string of the molecule is CCc1ccccc1NC(=O)CN1C(=O)N/C(=C/c2cc(I)c(OCc3cccc(F)c3)c(I)c2)C1=O. The third-order valence-electron chi connectivity index (χ3n) is 5.54. The Morgan fingerprint density at radius 3 is 2.51 bits per heavy atom. The van der Waals surface area contributed by atoms with Crippen molar-refractivity contribution in [3.8, 4) is 5.75 Å². The number of aryl methyl sites for hydroxylation is 1. The van der Waals surface area contributed by atoms with Crippen LogP contribution in [0, 0.1) is 13.0 Å². The summed E-state index contributed by atoms with van der Waals surface area (Å²) in [6, 6.07) is 16.6. The predicted octanol–water partition coefficient (Wildman–Crippen LogP) is 5.71. The maximum Gasteiger partial charge on any atom is 0.329 e. The number of benzene rings is 3. The zero-order valence-electron chi connectivity index (χ0n) is 19.7. The molecule has 0 bridgehead atoms. The molecule has 1 aliphatic heterocycles. The number of halogens is 3. The first-order valence-electron chi connectivity index (χ1n) is 11.3. The van der Waals surface area contributed by atoms with Crippen molar-refractivity contribution in [2.24, 2.45) is 0 Å². The number of nitrogens with zero attached hydrogens (tertiary/aromatic N) is 1. The van der Waals surface area contributed by atoms with Gasteiger partial charge in [0.1, 0.15) is 30.4 Å². The highest BCUT2D eigenvalue weighted by molar-refractivity contribution is 14.1. The third-order valence-corrected chi connectivity index (χ3v) is 7.14. The molecule has 3 aromatic carbocycles. The van der Waals surface area contributed by atoms with Gasteiger partial charge in [-0.2, -0.15) is 0 Å². The van der Waals surface area contributed by atoms with E-state index < -0.39 is 24.4 Å². The van der Waals surface area contributed by atoms with Gasteiger partial charge in [0.25, 0.3) is 5.91 Å². The van der Waals surface area contributed by atoms with Crippen molar-refractivity contribution in [1.29, 1.82) is 0 Å². The Morgan fingerprint density at radius 2 is 1.81 bits per heavy atom. The molecule has 3 aromatic rings. The molecule has 0 saturated carbocycles. The Labute approximate surface area is 240 Å². The number of rotatable bonds is 8. The number of urea groups is 1. The Balaban J connectivity index is 1.44. The van der Waals surface area contributed by atoms with Crippen LogP contribution in [0.25, 0.3) is 6.08 Å². The van der Waals surface area contributed by atoms with Gasteiger partial charge in [0, 0.05) is 5.69 Å². The Kier molecular flexibility index (Phi) is 8.79. The van der Waals surface area contributed by atoms with Crippen LogP contribution in [0.3, 0.4) is 0 Å². The van der Waals surface area contributed by atoms with Crippen LogP contribution in [-0.2, 0) is 22.6 Å². The maximum absolute atomic E-state index is 13.4. The monoisotopic (exact) mass is 725 g/mol. The molecule has 7 nitrogen and oxygen atoms in total. The zero-order chi connectivity index (χ0) is 26.5. The summed E-state index contributed by atoms with van der Waals surface area (Å²) < 4.78 is 20.9. The molecule has 0 spiro atoms. The smallest absolute Gasteiger partial charge is 0.329 e. The van der Waals surface area contributed by atoms with Crippen molar-refractivity contribution < 1.29 is 23.5 Å². The molecule has 0 radical (unpaired) electrons. The van der Waals surface area contributed by atoms with E-state index in [1.165, 1.54) is 12.1 Å². The van der Waals surface area contributed by atoms with Crippen LogP contribution in [-0.4, -0.2) is 29.3 Å². The van der Waals surface area contributed by atoms with E-state index in [2.05, 4.69) is 55.8 Å². The Hall–Kier alpha value is -3.00. The molecule has 1 heterocycles. The highest BCUT2D eigenvalue weighted by Gasteiger charge is 2.35. The van der Waals surface area contributed by atoms with Gasteiger partial charge in [-0.15, -0.1) is 0 Å². The lowest BCUT2D eigenvalue weighted by molar-refractivity contribution is -0.127. The van der Waals surface area contributed by atoms with E-state index in [-0.39, 0.29) is 18.1 Å². The van der Waals surface area contributed by atoms with Gasteiger partial charge >= 0.3 is 6.03 Å². The summed E-state index contributed by atoms with van der Waals surface area (Å²) in [6.45, 7) is 1.78. The number of para-hydroxylation sites is 1. The van der Waals surface area contributed by atoms with Crippen LogP contribution in [0.2, 0.25) is 0 Å². The molecule has 0 aliphatic carbocycles. The number of hydrogen-bond donors (Lipinski definition) is 2. The average Bonchev–Trinajstić information content (AvgIpc) is 3.11. The van der Waals surface area contributed by atoms with Crippen molar-refractivity contribution in [2.45, 2.75) is 20.0 Å². The van der Waals surface area contributed by atoms with Crippen molar-refractivity contribution in [1.82, 2.24) is 10.2 Å². The largest absolute Gasteiger partial charge is 0.487 e. The van der Waals surface area contributed by atoms with E-state index in [4.69, 9.17) is 4.74 Å². The molecule has 2 N–H and O–H groups in total. The average molecular weight is 725 g/mol. The number of nitrogens with one attached hydrogen (secondary N) is 2. The fraction of sp³-hybridized carbons (Fsp3) is 0.148. The van der Waals surface area contributed by atoms with E-state index in [0.29, 0.717) is 22.6 Å². The van der Waals surface area contributed by atoms with Gasteiger partial charge in [0.05, 0.1) is 7.14 Å². The van der Waals surface area contributed by atoms with Gasteiger partial charge < -0.3 is 15.4 Å². The van der Waals surface area contributed by atoms with Crippen molar-refractivity contribution in [3.63, 3.8) is 0 Å². The summed E-state index contributed by atoms with van der Waals surface area (Å²) in [7, 11) is 0. The molecule has 1 fully saturated rings. The number of hydrogen-bond acceptors (Lipinski definition) is 4. The van der Waals surface area contributed by atoms with E-state index in [1.807, 2.05) is 37.3 Å². The molecule has 0 unspecified atom stereocenters. The number of imide groups is 1. The number of ether oxygens (including phenoxy) is 1. The number of carbonyl (C=O) groups is 3. The summed E-state index contributed by atoms with van der Waals surface area (Å²) >= 11 is 4.25. The van der Waals surface area contributed by atoms with Gasteiger partial charge in [-0.1, -0.05) is 37.3 Å². The highest BCUT2D eigenvalue weighted by Crippen LogP contribution is 2.31. The minimum Gasteiger partial charge on any atom is -0.487 e. The van der Waals surface area contributed by atoms with Gasteiger partial charge in [-0.05, 0) is 105 Å². The lowest BCUT2D eigenvalue weighted by atomic mass is 10.1. The van der Waals surface area contributed by atoms with Crippen LogP contribution in [0.4, 0.5) is 14.9 Å². The first-order chi connectivity index (χ1) is 17.7. The number of carbonyl (C=O) groups excluding carboxylic acids is 3. The third kappa shape index (κ3) is 6.66. The van der Waals surface area contributed by atoms with E-state index in [0.717, 1.165) is 24.0 Å². The normalized spacial score (nSPS) is 14.2. The van der Waals surface area contributed by atoms with Gasteiger partial charge in [-0.3, -0.25) is 9.59 Å². The van der Waals surface area contributed by atoms with Gasteiger partial charge in [0.2, 0.25) is 5.91 Å². The van der Waals surface area contributed by atoms with E-state index in [1.54, 1.807) is 24.3 Å². The van der Waals surface area contributed by atoms with Crippen molar-refractivity contribution in [3.05, 3.63) is 96.0 Å². The van der Waals surface area contributed by atoms with Crippen molar-refractivity contribution >= 4 is 74.8 Å². The quantitative estimate of drug-likeness (QED) is 0.177. The Morgan fingerprint density at radius 1 is 1.08 bits per heavy atom. The summed E-state index contributed by atoms with van der Waals surface area (Å²) in [6.07, 6.45) is 2.30. The zero-order valence-corrected chi connectivity index (χ0v) is 24.0. The van der Waals surface area contributed by atoms with Crippen LogP contribution >= 0.6 is 45.2 Å². The highest BCUT2D eigenvalue weighted by atomic mass is 127. The second kappa shape index (κ2) is 12.0. The molecule has 190 valence electrons. The van der Waals surface area contributed by atoms with Crippen LogP contribution < -0.4 is 15.4 Å². The predicted molar refractivity (Wildman–Crippen MR) is 155 cm³/mol. The maximum atomic E-state index is 13.4. The summed E-state index contributed by atoms with van der Waals surface area (Å²) in [5, 5.41) is 5.32.